The van der Waals surface area contributed by atoms with Crippen molar-refractivity contribution in [3.05, 3.63) is 23.8 Å². The van der Waals surface area contributed by atoms with E-state index in [0.717, 1.165) is 0 Å². The third-order valence-corrected chi connectivity index (χ3v) is 6.78. The predicted molar refractivity (Wildman–Crippen MR) is 93.8 cm³/mol. The molecule has 1 heterocycles. The topological polar surface area (TPSA) is 93.1 Å². The number of ether oxygens (including phenoxy) is 2. The largest absolute Gasteiger partial charge is 0.458 e. The zero-order valence-electron chi connectivity index (χ0n) is 15.8. The number of aliphatic hydroxyl groups is 2. The summed E-state index contributed by atoms with van der Waals surface area (Å²) in [5.74, 6) is -1.77. The van der Waals surface area contributed by atoms with Crippen LogP contribution < -0.4 is 0 Å². The van der Waals surface area contributed by atoms with Crippen LogP contribution in [-0.4, -0.2) is 46.6 Å². The van der Waals surface area contributed by atoms with Crippen LogP contribution in [0.1, 0.15) is 40.5 Å². The quantitative estimate of drug-likeness (QED) is 0.573. The van der Waals surface area contributed by atoms with Crippen LogP contribution >= 0.6 is 0 Å². The van der Waals surface area contributed by atoms with Crippen LogP contribution in [0.5, 0.6) is 0 Å². The number of carbonyl (C=O) groups excluding carboxylic acids is 2. The van der Waals surface area contributed by atoms with Gasteiger partial charge in [-0.2, -0.15) is 0 Å². The molecule has 0 aromatic rings. The van der Waals surface area contributed by atoms with Gasteiger partial charge in [0.05, 0.1) is 18.1 Å². The van der Waals surface area contributed by atoms with Gasteiger partial charge in [0.25, 0.3) is 0 Å². The lowest BCUT2D eigenvalue weighted by Crippen LogP contribution is -2.51. The minimum absolute atomic E-state index is 0.00938. The van der Waals surface area contributed by atoms with Crippen LogP contribution in [0.25, 0.3) is 0 Å². The molecule has 2 aliphatic carbocycles. The number of hydrogen-bond acceptors (Lipinski definition) is 6. The average molecular weight is 364 g/mol. The fourth-order valence-electron chi connectivity index (χ4n) is 5.28. The van der Waals surface area contributed by atoms with Crippen LogP contribution in [0.15, 0.2) is 23.8 Å². The van der Waals surface area contributed by atoms with Gasteiger partial charge in [-0.1, -0.05) is 26.5 Å². The lowest BCUT2D eigenvalue weighted by Gasteiger charge is -2.43. The number of rotatable bonds is 2. The average Bonchev–Trinajstić information content (AvgIpc) is 2.94. The first kappa shape index (κ1) is 19.1. The second kappa shape index (κ2) is 6.50. The summed E-state index contributed by atoms with van der Waals surface area (Å²) in [4.78, 5) is 24.7. The highest BCUT2D eigenvalue weighted by atomic mass is 16.6. The standard InChI is InChI=1S/C20H28O6/c1-6-9(2)18(23)26-17-15-11(4)19(24)25-13(15)7-10(3)16-12(21)8-14(22)20(16,17)5/h6,10,12-17,21-22H,4,7-8H2,1-3,5H3/b9-6-/t10-,12+,13+,14-,15-,16-,17-,20-/m1/s1. The van der Waals surface area contributed by atoms with E-state index in [4.69, 9.17) is 9.47 Å². The highest BCUT2D eigenvalue weighted by Gasteiger charge is 2.65. The Morgan fingerprint density at radius 3 is 2.65 bits per heavy atom. The molecule has 0 aromatic heterocycles. The SMILES string of the molecule is C=C1C(=O)O[C@H]2C[C@@H](C)[C@@H]3[C@@H](O)C[C@@H](O)[C@@]3(C)[C@H](OC(=O)/C(C)=C\C)[C@H]12. The number of hydrogen-bond donors (Lipinski definition) is 2. The lowest BCUT2D eigenvalue weighted by atomic mass is 9.67. The molecule has 26 heavy (non-hydrogen) atoms. The zero-order valence-corrected chi connectivity index (χ0v) is 15.8. The molecule has 0 aromatic carbocycles. The van der Waals surface area contributed by atoms with E-state index >= 15 is 0 Å². The van der Waals surface area contributed by atoms with Crippen molar-refractivity contribution in [2.75, 3.05) is 0 Å². The Morgan fingerprint density at radius 1 is 1.38 bits per heavy atom. The van der Waals surface area contributed by atoms with Crippen LogP contribution in [0.2, 0.25) is 0 Å². The third kappa shape index (κ3) is 2.62. The molecule has 0 amide bonds. The van der Waals surface area contributed by atoms with E-state index in [1.807, 2.05) is 13.8 Å². The summed E-state index contributed by atoms with van der Waals surface area (Å²) in [7, 11) is 0. The molecule has 144 valence electrons. The van der Waals surface area contributed by atoms with E-state index in [1.165, 1.54) is 0 Å². The van der Waals surface area contributed by atoms with Crippen LogP contribution in [0.4, 0.5) is 0 Å². The Labute approximate surface area is 153 Å². The minimum atomic E-state index is -0.890. The first-order valence-corrected chi connectivity index (χ1v) is 9.22. The van der Waals surface area contributed by atoms with E-state index in [0.29, 0.717) is 12.0 Å². The van der Waals surface area contributed by atoms with Crippen molar-refractivity contribution in [1.29, 1.82) is 0 Å². The molecule has 0 radical (unpaired) electrons. The summed E-state index contributed by atoms with van der Waals surface area (Å²) < 4.78 is 11.4. The van der Waals surface area contributed by atoms with Crippen molar-refractivity contribution < 1.29 is 29.3 Å². The molecule has 1 saturated heterocycles. The van der Waals surface area contributed by atoms with Crippen molar-refractivity contribution in [2.24, 2.45) is 23.2 Å². The molecule has 6 nitrogen and oxygen atoms in total. The Morgan fingerprint density at radius 2 is 2.04 bits per heavy atom. The van der Waals surface area contributed by atoms with Gasteiger partial charge in [0.1, 0.15) is 12.2 Å². The van der Waals surface area contributed by atoms with Gasteiger partial charge in [0.2, 0.25) is 0 Å². The fourth-order valence-corrected chi connectivity index (χ4v) is 5.28. The molecule has 6 heteroatoms. The van der Waals surface area contributed by atoms with Gasteiger partial charge in [0.15, 0.2) is 0 Å². The number of carbonyl (C=O) groups is 2. The molecule has 0 spiro atoms. The fraction of sp³-hybridized carbons (Fsp3) is 0.700. The molecule has 3 rings (SSSR count). The predicted octanol–water partition coefficient (Wildman–Crippen LogP) is 1.75. The second-order valence-electron chi connectivity index (χ2n) is 8.22. The van der Waals surface area contributed by atoms with Gasteiger partial charge in [-0.25, -0.2) is 9.59 Å². The van der Waals surface area contributed by atoms with Gasteiger partial charge < -0.3 is 19.7 Å². The second-order valence-corrected chi connectivity index (χ2v) is 8.22. The molecule has 8 atom stereocenters. The Hall–Kier alpha value is -1.66. The summed E-state index contributed by atoms with van der Waals surface area (Å²) in [6.45, 7) is 11.1. The molecule has 2 saturated carbocycles. The normalized spacial score (nSPS) is 45.6. The lowest BCUT2D eigenvalue weighted by molar-refractivity contribution is -0.166. The molecular formula is C20H28O6. The van der Waals surface area contributed by atoms with Crippen molar-refractivity contribution in [3.63, 3.8) is 0 Å². The van der Waals surface area contributed by atoms with Crippen LogP contribution in [0.3, 0.4) is 0 Å². The molecular weight excluding hydrogens is 336 g/mol. The van der Waals surface area contributed by atoms with Gasteiger partial charge in [-0.3, -0.25) is 0 Å². The smallest absolute Gasteiger partial charge is 0.334 e. The maximum atomic E-state index is 12.5. The highest BCUT2D eigenvalue weighted by molar-refractivity contribution is 5.91. The van der Waals surface area contributed by atoms with Crippen LogP contribution in [0, 0.1) is 23.2 Å². The summed E-state index contributed by atoms with van der Waals surface area (Å²) in [5, 5.41) is 21.4. The zero-order chi connectivity index (χ0) is 19.4. The molecule has 3 fully saturated rings. The third-order valence-electron chi connectivity index (χ3n) is 6.78. The number of fused-ring (bicyclic) bond motifs is 2. The van der Waals surface area contributed by atoms with E-state index in [1.54, 1.807) is 19.9 Å². The summed E-state index contributed by atoms with van der Waals surface area (Å²) in [5.41, 5.74) is -0.171. The first-order valence-electron chi connectivity index (χ1n) is 9.22. The Kier molecular flexibility index (Phi) is 4.78. The Balaban J connectivity index is 2.10. The van der Waals surface area contributed by atoms with Crippen molar-refractivity contribution in [2.45, 2.75) is 65.0 Å². The molecule has 2 N–H and O–H groups in total. The molecule has 0 unspecified atom stereocenters. The monoisotopic (exact) mass is 364 g/mol. The van der Waals surface area contributed by atoms with Gasteiger partial charge in [-0.05, 0) is 32.1 Å². The summed E-state index contributed by atoms with van der Waals surface area (Å²) in [6.07, 6.45) is -0.389. The van der Waals surface area contributed by atoms with Gasteiger partial charge in [-0.15, -0.1) is 0 Å². The van der Waals surface area contributed by atoms with E-state index in [9.17, 15) is 19.8 Å². The highest BCUT2D eigenvalue weighted by Crippen LogP contribution is 2.58. The molecule has 1 aliphatic heterocycles. The summed E-state index contributed by atoms with van der Waals surface area (Å²) >= 11 is 0. The van der Waals surface area contributed by atoms with E-state index in [-0.39, 0.29) is 23.8 Å². The molecule has 0 bridgehead atoms. The number of allylic oxidation sites excluding steroid dienone is 1. The van der Waals surface area contributed by atoms with Gasteiger partial charge in [0, 0.05) is 23.0 Å². The molecule has 3 aliphatic rings. The van der Waals surface area contributed by atoms with Crippen molar-refractivity contribution in [1.82, 2.24) is 0 Å². The van der Waals surface area contributed by atoms with Gasteiger partial charge >= 0.3 is 11.9 Å². The van der Waals surface area contributed by atoms with Crippen molar-refractivity contribution >= 4 is 11.9 Å². The summed E-state index contributed by atoms with van der Waals surface area (Å²) in [6, 6.07) is 0. The van der Waals surface area contributed by atoms with E-state index in [2.05, 4.69) is 6.58 Å². The van der Waals surface area contributed by atoms with E-state index < -0.39 is 47.7 Å². The number of aliphatic hydroxyl groups excluding tert-OH is 2. The maximum Gasteiger partial charge on any atom is 0.334 e. The van der Waals surface area contributed by atoms with Crippen molar-refractivity contribution in [3.8, 4) is 0 Å². The Bertz CT molecular complexity index is 667. The minimum Gasteiger partial charge on any atom is -0.458 e. The maximum absolute atomic E-state index is 12.5. The first-order chi connectivity index (χ1) is 12.1. The van der Waals surface area contributed by atoms with Crippen LogP contribution in [-0.2, 0) is 19.1 Å². The number of esters is 2.